The normalized spacial score (nSPS) is 13.0. The van der Waals surface area contributed by atoms with Gasteiger partial charge in [0.1, 0.15) is 5.75 Å². The average Bonchev–Trinajstić information content (AvgIpc) is 3.50. The maximum Gasteiger partial charge on any atom is 0.335 e. The maximum atomic E-state index is 12.6. The topological polar surface area (TPSA) is 94.1 Å². The van der Waals surface area contributed by atoms with E-state index in [1.165, 1.54) is 39.2 Å². The molecule has 7 nitrogen and oxygen atoms in total. The van der Waals surface area contributed by atoms with Gasteiger partial charge in [-0.05, 0) is 55.2 Å². The number of carboxylic acid groups (broad SMARTS) is 1. The number of rotatable bonds is 8. The van der Waals surface area contributed by atoms with Crippen LogP contribution in [0.5, 0.6) is 17.2 Å². The fourth-order valence-corrected chi connectivity index (χ4v) is 2.58. The zero-order chi connectivity index (χ0) is 19.4. The summed E-state index contributed by atoms with van der Waals surface area (Å²) in [5.74, 6) is 0.300. The summed E-state index contributed by atoms with van der Waals surface area (Å²) in [6.45, 7) is 0.699. The Labute approximate surface area is 156 Å². The third-order valence-corrected chi connectivity index (χ3v) is 4.27. The first-order valence-electron chi connectivity index (χ1n) is 8.55. The van der Waals surface area contributed by atoms with Crippen LogP contribution in [0.2, 0.25) is 0 Å². The van der Waals surface area contributed by atoms with Crippen molar-refractivity contribution in [1.29, 1.82) is 0 Å². The lowest BCUT2D eigenvalue weighted by molar-refractivity contribution is 0.0696. The zero-order valence-corrected chi connectivity index (χ0v) is 15.2. The van der Waals surface area contributed by atoms with Gasteiger partial charge in [0.15, 0.2) is 11.5 Å². The monoisotopic (exact) mass is 371 g/mol. The van der Waals surface area contributed by atoms with E-state index in [2.05, 4.69) is 5.32 Å². The van der Waals surface area contributed by atoms with Gasteiger partial charge < -0.3 is 24.6 Å². The molecule has 2 aromatic carbocycles. The average molecular weight is 371 g/mol. The predicted molar refractivity (Wildman–Crippen MR) is 99.1 cm³/mol. The SMILES string of the molecule is COc1cc(C(=O)O)cc(NC(=O)c2ccc(OCC3CC3)cc2)c1OC. The van der Waals surface area contributed by atoms with Crippen LogP contribution >= 0.6 is 0 Å². The van der Waals surface area contributed by atoms with Crippen molar-refractivity contribution in [3.8, 4) is 17.2 Å². The lowest BCUT2D eigenvalue weighted by Crippen LogP contribution is -2.14. The van der Waals surface area contributed by atoms with Gasteiger partial charge in [0.05, 0.1) is 32.1 Å². The fraction of sp³-hybridized carbons (Fsp3) is 0.300. The number of hydrogen-bond donors (Lipinski definition) is 2. The standard InChI is InChI=1S/C20H21NO6/c1-25-17-10-14(20(23)24)9-16(18(17)26-2)21-19(22)13-5-7-15(8-6-13)27-11-12-3-4-12/h5-10,12H,3-4,11H2,1-2H3,(H,21,22)(H,23,24). The van der Waals surface area contributed by atoms with Crippen LogP contribution in [0, 0.1) is 5.92 Å². The molecule has 0 bridgehead atoms. The van der Waals surface area contributed by atoms with E-state index in [1.54, 1.807) is 24.3 Å². The molecule has 0 atom stereocenters. The van der Waals surface area contributed by atoms with E-state index >= 15 is 0 Å². The number of ether oxygens (including phenoxy) is 3. The molecule has 0 aromatic heterocycles. The summed E-state index contributed by atoms with van der Waals surface area (Å²) in [6.07, 6.45) is 2.42. The molecule has 0 aliphatic heterocycles. The second-order valence-electron chi connectivity index (χ2n) is 6.30. The summed E-state index contributed by atoms with van der Waals surface area (Å²) < 4.78 is 16.1. The molecule has 1 aliphatic rings. The zero-order valence-electron chi connectivity index (χ0n) is 15.2. The lowest BCUT2D eigenvalue weighted by Gasteiger charge is -2.15. The Bertz CT molecular complexity index is 842. The van der Waals surface area contributed by atoms with Crippen molar-refractivity contribution in [2.45, 2.75) is 12.8 Å². The van der Waals surface area contributed by atoms with E-state index in [4.69, 9.17) is 14.2 Å². The first-order valence-corrected chi connectivity index (χ1v) is 8.55. The van der Waals surface area contributed by atoms with Gasteiger partial charge in [-0.3, -0.25) is 4.79 Å². The number of aromatic carboxylic acids is 1. The highest BCUT2D eigenvalue weighted by Crippen LogP contribution is 2.37. The van der Waals surface area contributed by atoms with Crippen LogP contribution in [-0.2, 0) is 0 Å². The molecule has 1 aliphatic carbocycles. The van der Waals surface area contributed by atoms with Gasteiger partial charge in [-0.2, -0.15) is 0 Å². The van der Waals surface area contributed by atoms with Gasteiger partial charge in [0.25, 0.3) is 5.91 Å². The van der Waals surface area contributed by atoms with E-state index in [0.717, 1.165) is 0 Å². The molecule has 1 fully saturated rings. The minimum Gasteiger partial charge on any atom is -0.493 e. The number of nitrogens with one attached hydrogen (secondary N) is 1. The number of carboxylic acids is 1. The Kier molecular flexibility index (Phi) is 5.49. The number of amides is 1. The van der Waals surface area contributed by atoms with Crippen LogP contribution in [0.25, 0.3) is 0 Å². The number of benzene rings is 2. The third-order valence-electron chi connectivity index (χ3n) is 4.27. The fourth-order valence-electron chi connectivity index (χ4n) is 2.58. The molecule has 1 saturated carbocycles. The van der Waals surface area contributed by atoms with E-state index in [9.17, 15) is 14.7 Å². The highest BCUT2D eigenvalue weighted by Gasteiger charge is 2.22. The van der Waals surface area contributed by atoms with Gasteiger partial charge in [0, 0.05) is 5.56 Å². The second kappa shape index (κ2) is 7.99. The Morgan fingerprint density at radius 1 is 1.07 bits per heavy atom. The molecule has 7 heteroatoms. The second-order valence-corrected chi connectivity index (χ2v) is 6.30. The van der Waals surface area contributed by atoms with Gasteiger partial charge in [-0.15, -0.1) is 0 Å². The molecule has 142 valence electrons. The van der Waals surface area contributed by atoms with Crippen molar-refractivity contribution in [3.63, 3.8) is 0 Å². The smallest absolute Gasteiger partial charge is 0.335 e. The molecular weight excluding hydrogens is 350 g/mol. The maximum absolute atomic E-state index is 12.6. The summed E-state index contributed by atoms with van der Waals surface area (Å²) in [4.78, 5) is 23.9. The minimum absolute atomic E-state index is 0.0215. The number of hydrogen-bond acceptors (Lipinski definition) is 5. The molecule has 2 N–H and O–H groups in total. The molecule has 0 saturated heterocycles. The Hall–Kier alpha value is -3.22. The van der Waals surface area contributed by atoms with E-state index in [-0.39, 0.29) is 22.7 Å². The predicted octanol–water partition coefficient (Wildman–Crippen LogP) is 3.44. The molecule has 0 spiro atoms. The Morgan fingerprint density at radius 2 is 1.78 bits per heavy atom. The molecule has 0 heterocycles. The van der Waals surface area contributed by atoms with Gasteiger partial charge in [0.2, 0.25) is 0 Å². The minimum atomic E-state index is -1.14. The Balaban J connectivity index is 1.77. The molecule has 1 amide bonds. The molecule has 2 aromatic rings. The summed E-state index contributed by atoms with van der Waals surface area (Å²) in [5, 5.41) is 11.9. The van der Waals surface area contributed by atoms with Crippen LogP contribution in [0.1, 0.15) is 33.6 Å². The van der Waals surface area contributed by atoms with Crippen LogP contribution < -0.4 is 19.5 Å². The lowest BCUT2D eigenvalue weighted by atomic mass is 10.1. The summed E-state index contributed by atoms with van der Waals surface area (Å²) in [6, 6.07) is 9.45. The van der Waals surface area contributed by atoms with Crippen molar-refractivity contribution in [1.82, 2.24) is 0 Å². The van der Waals surface area contributed by atoms with Gasteiger partial charge in [-0.1, -0.05) is 0 Å². The molecule has 3 rings (SSSR count). The van der Waals surface area contributed by atoms with Crippen LogP contribution in [-0.4, -0.2) is 37.8 Å². The quantitative estimate of drug-likeness (QED) is 0.738. The van der Waals surface area contributed by atoms with Crippen molar-refractivity contribution in [2.75, 3.05) is 26.1 Å². The van der Waals surface area contributed by atoms with Gasteiger partial charge >= 0.3 is 5.97 Å². The first-order chi connectivity index (χ1) is 13.0. The molecule has 27 heavy (non-hydrogen) atoms. The number of carbonyl (C=O) groups excluding carboxylic acids is 1. The number of methoxy groups -OCH3 is 2. The number of carbonyl (C=O) groups is 2. The van der Waals surface area contributed by atoms with E-state index in [1.807, 2.05) is 0 Å². The van der Waals surface area contributed by atoms with Crippen molar-refractivity contribution >= 4 is 17.6 Å². The number of anilines is 1. The summed E-state index contributed by atoms with van der Waals surface area (Å²) in [5.41, 5.74) is 0.607. The van der Waals surface area contributed by atoms with Gasteiger partial charge in [-0.25, -0.2) is 4.79 Å². The van der Waals surface area contributed by atoms with Crippen LogP contribution in [0.15, 0.2) is 36.4 Å². The van der Waals surface area contributed by atoms with Crippen LogP contribution in [0.3, 0.4) is 0 Å². The largest absolute Gasteiger partial charge is 0.493 e. The first kappa shape index (κ1) is 18.6. The highest BCUT2D eigenvalue weighted by molar-refractivity contribution is 6.06. The highest BCUT2D eigenvalue weighted by atomic mass is 16.5. The van der Waals surface area contributed by atoms with Crippen molar-refractivity contribution in [2.24, 2.45) is 5.92 Å². The summed E-state index contributed by atoms with van der Waals surface area (Å²) in [7, 11) is 2.81. The molecule has 0 unspecified atom stereocenters. The summed E-state index contributed by atoms with van der Waals surface area (Å²) >= 11 is 0. The molecular formula is C20H21NO6. The van der Waals surface area contributed by atoms with Crippen LogP contribution in [0.4, 0.5) is 5.69 Å². The van der Waals surface area contributed by atoms with E-state index in [0.29, 0.717) is 23.8 Å². The Morgan fingerprint density at radius 3 is 2.33 bits per heavy atom. The molecule has 0 radical (unpaired) electrons. The van der Waals surface area contributed by atoms with Crippen molar-refractivity contribution < 1.29 is 28.9 Å². The third kappa shape index (κ3) is 4.49. The van der Waals surface area contributed by atoms with E-state index < -0.39 is 11.9 Å². The van der Waals surface area contributed by atoms with Crippen molar-refractivity contribution in [3.05, 3.63) is 47.5 Å².